The molecule has 1 aliphatic carbocycles. The molecule has 0 radical (unpaired) electrons. The van der Waals surface area contributed by atoms with Crippen LogP contribution in [0, 0.1) is 0 Å². The summed E-state index contributed by atoms with van der Waals surface area (Å²) >= 11 is 0. The van der Waals surface area contributed by atoms with E-state index in [-0.39, 0.29) is 5.91 Å². The Kier molecular flexibility index (Phi) is 3.69. The van der Waals surface area contributed by atoms with Crippen LogP contribution < -0.4 is 16.8 Å². The third-order valence-corrected chi connectivity index (χ3v) is 2.61. The van der Waals surface area contributed by atoms with Crippen molar-refractivity contribution in [3.8, 4) is 0 Å². The van der Waals surface area contributed by atoms with Crippen LogP contribution in [0.5, 0.6) is 0 Å². The highest BCUT2D eigenvalue weighted by atomic mass is 16.2. The van der Waals surface area contributed by atoms with Crippen LogP contribution in [0.15, 0.2) is 0 Å². The molecule has 1 saturated carbocycles. The molecule has 0 aromatic rings. The van der Waals surface area contributed by atoms with Gasteiger partial charge in [0.1, 0.15) is 0 Å². The number of hydrogen-bond acceptors (Lipinski definition) is 3. The molecule has 0 bridgehead atoms. The Hall–Kier alpha value is -0.610. The standard InChI is InChI=1S/C9H19N3O/c10-6-1-2-7-12-8(13)9(11)4-3-5-9/h1-7,10-11H2,(H,12,13). The van der Waals surface area contributed by atoms with E-state index in [2.05, 4.69) is 5.32 Å². The number of rotatable bonds is 5. The van der Waals surface area contributed by atoms with Gasteiger partial charge in [-0.1, -0.05) is 0 Å². The fourth-order valence-electron chi connectivity index (χ4n) is 1.43. The van der Waals surface area contributed by atoms with Gasteiger partial charge in [0.25, 0.3) is 0 Å². The zero-order valence-electron chi connectivity index (χ0n) is 8.01. The van der Waals surface area contributed by atoms with Crippen LogP contribution in [0.3, 0.4) is 0 Å². The van der Waals surface area contributed by atoms with E-state index in [1.165, 1.54) is 0 Å². The molecular formula is C9H19N3O. The van der Waals surface area contributed by atoms with Gasteiger partial charge in [0.2, 0.25) is 5.91 Å². The molecule has 0 aromatic heterocycles. The van der Waals surface area contributed by atoms with E-state index >= 15 is 0 Å². The Labute approximate surface area is 79.0 Å². The molecule has 1 aliphatic rings. The Morgan fingerprint density at radius 3 is 2.54 bits per heavy atom. The van der Waals surface area contributed by atoms with Crippen LogP contribution in [0.1, 0.15) is 32.1 Å². The zero-order valence-corrected chi connectivity index (χ0v) is 8.01. The second-order valence-corrected chi connectivity index (χ2v) is 3.76. The summed E-state index contributed by atoms with van der Waals surface area (Å²) in [6, 6.07) is 0. The van der Waals surface area contributed by atoms with Crippen molar-refractivity contribution in [3.63, 3.8) is 0 Å². The fourth-order valence-corrected chi connectivity index (χ4v) is 1.43. The lowest BCUT2D eigenvalue weighted by molar-refractivity contribution is -0.129. The van der Waals surface area contributed by atoms with Crippen molar-refractivity contribution < 1.29 is 4.79 Å². The molecule has 0 atom stereocenters. The van der Waals surface area contributed by atoms with Crippen molar-refractivity contribution in [2.75, 3.05) is 13.1 Å². The SMILES string of the molecule is NCCCCNC(=O)C1(N)CCC1. The van der Waals surface area contributed by atoms with Crippen molar-refractivity contribution in [3.05, 3.63) is 0 Å². The van der Waals surface area contributed by atoms with Crippen molar-refractivity contribution in [2.24, 2.45) is 11.5 Å². The van der Waals surface area contributed by atoms with Gasteiger partial charge in [-0.3, -0.25) is 4.79 Å². The average molecular weight is 185 g/mol. The van der Waals surface area contributed by atoms with Crippen molar-refractivity contribution in [1.29, 1.82) is 0 Å². The maximum Gasteiger partial charge on any atom is 0.240 e. The molecule has 0 heterocycles. The molecule has 1 fully saturated rings. The molecule has 13 heavy (non-hydrogen) atoms. The van der Waals surface area contributed by atoms with Gasteiger partial charge in [-0.2, -0.15) is 0 Å². The quantitative estimate of drug-likeness (QED) is 0.515. The molecule has 4 nitrogen and oxygen atoms in total. The minimum Gasteiger partial charge on any atom is -0.355 e. The molecule has 0 saturated heterocycles. The normalized spacial score (nSPS) is 19.2. The third kappa shape index (κ3) is 2.67. The van der Waals surface area contributed by atoms with E-state index in [0.717, 1.165) is 32.1 Å². The molecule has 1 amide bonds. The molecule has 76 valence electrons. The highest BCUT2D eigenvalue weighted by Gasteiger charge is 2.39. The van der Waals surface area contributed by atoms with Crippen LogP contribution in [0.4, 0.5) is 0 Å². The molecule has 0 aliphatic heterocycles. The van der Waals surface area contributed by atoms with Crippen LogP contribution in [-0.2, 0) is 4.79 Å². The van der Waals surface area contributed by atoms with Crippen LogP contribution in [0.25, 0.3) is 0 Å². The van der Waals surface area contributed by atoms with Gasteiger partial charge < -0.3 is 16.8 Å². The van der Waals surface area contributed by atoms with Gasteiger partial charge in [-0.15, -0.1) is 0 Å². The Morgan fingerprint density at radius 2 is 2.08 bits per heavy atom. The first-order valence-electron chi connectivity index (χ1n) is 4.96. The molecule has 0 spiro atoms. The number of carbonyl (C=O) groups excluding carboxylic acids is 1. The average Bonchev–Trinajstić information content (AvgIpc) is 2.08. The van der Waals surface area contributed by atoms with Crippen molar-refractivity contribution in [2.45, 2.75) is 37.6 Å². The van der Waals surface area contributed by atoms with Gasteiger partial charge in [0.15, 0.2) is 0 Å². The highest BCUT2D eigenvalue weighted by molar-refractivity contribution is 5.86. The lowest BCUT2D eigenvalue weighted by atomic mass is 9.77. The van der Waals surface area contributed by atoms with E-state index in [9.17, 15) is 4.79 Å². The predicted octanol–water partition coefficient (Wildman–Crippen LogP) is -0.277. The second-order valence-electron chi connectivity index (χ2n) is 3.76. The highest BCUT2D eigenvalue weighted by Crippen LogP contribution is 2.28. The predicted molar refractivity (Wildman–Crippen MR) is 52.1 cm³/mol. The lowest BCUT2D eigenvalue weighted by Crippen LogP contribution is -2.58. The first-order chi connectivity index (χ1) is 6.19. The maximum absolute atomic E-state index is 11.4. The van der Waals surface area contributed by atoms with Gasteiger partial charge >= 0.3 is 0 Å². The smallest absolute Gasteiger partial charge is 0.240 e. The van der Waals surface area contributed by atoms with E-state index in [1.807, 2.05) is 0 Å². The minimum atomic E-state index is -0.553. The van der Waals surface area contributed by atoms with Gasteiger partial charge in [-0.05, 0) is 38.6 Å². The monoisotopic (exact) mass is 185 g/mol. The van der Waals surface area contributed by atoms with E-state index in [4.69, 9.17) is 11.5 Å². The Balaban J connectivity index is 2.10. The van der Waals surface area contributed by atoms with Crippen molar-refractivity contribution in [1.82, 2.24) is 5.32 Å². The molecule has 0 aromatic carbocycles. The van der Waals surface area contributed by atoms with Crippen LogP contribution in [-0.4, -0.2) is 24.5 Å². The van der Waals surface area contributed by atoms with E-state index in [1.54, 1.807) is 0 Å². The summed E-state index contributed by atoms with van der Waals surface area (Å²) in [5, 5.41) is 2.84. The third-order valence-electron chi connectivity index (χ3n) is 2.61. The number of nitrogens with one attached hydrogen (secondary N) is 1. The van der Waals surface area contributed by atoms with Gasteiger partial charge in [-0.25, -0.2) is 0 Å². The summed E-state index contributed by atoms with van der Waals surface area (Å²) in [6.45, 7) is 1.39. The summed E-state index contributed by atoms with van der Waals surface area (Å²) in [4.78, 5) is 11.4. The molecular weight excluding hydrogens is 166 g/mol. The second kappa shape index (κ2) is 4.58. The van der Waals surface area contributed by atoms with E-state index < -0.39 is 5.54 Å². The van der Waals surface area contributed by atoms with Gasteiger partial charge in [0, 0.05) is 6.54 Å². The largest absolute Gasteiger partial charge is 0.355 e. The lowest BCUT2D eigenvalue weighted by Gasteiger charge is -2.36. The Bertz CT molecular complexity index is 178. The maximum atomic E-state index is 11.4. The first kappa shape index (κ1) is 10.5. The number of unbranched alkanes of at least 4 members (excludes halogenated alkanes) is 1. The molecule has 4 heteroatoms. The molecule has 1 rings (SSSR count). The van der Waals surface area contributed by atoms with Crippen molar-refractivity contribution >= 4 is 5.91 Å². The Morgan fingerprint density at radius 1 is 1.38 bits per heavy atom. The zero-order chi connectivity index (χ0) is 9.73. The number of amides is 1. The number of carbonyl (C=O) groups is 1. The number of nitrogens with two attached hydrogens (primary N) is 2. The minimum absolute atomic E-state index is 0.00997. The summed E-state index contributed by atoms with van der Waals surface area (Å²) in [6.07, 6.45) is 4.63. The van der Waals surface area contributed by atoms with Gasteiger partial charge in [0.05, 0.1) is 5.54 Å². The summed E-state index contributed by atoms with van der Waals surface area (Å²) in [7, 11) is 0. The fraction of sp³-hybridized carbons (Fsp3) is 0.889. The van der Waals surface area contributed by atoms with E-state index in [0.29, 0.717) is 13.1 Å². The topological polar surface area (TPSA) is 81.1 Å². The molecule has 0 unspecified atom stereocenters. The van der Waals surface area contributed by atoms with Crippen LogP contribution >= 0.6 is 0 Å². The number of hydrogen-bond donors (Lipinski definition) is 3. The molecule has 5 N–H and O–H groups in total. The first-order valence-corrected chi connectivity index (χ1v) is 4.96. The van der Waals surface area contributed by atoms with Crippen LogP contribution in [0.2, 0.25) is 0 Å². The summed E-state index contributed by atoms with van der Waals surface area (Å²) < 4.78 is 0. The summed E-state index contributed by atoms with van der Waals surface area (Å²) in [5.74, 6) is 0.00997. The summed E-state index contributed by atoms with van der Waals surface area (Å²) in [5.41, 5.74) is 10.6.